The number of benzene rings is 2. The molecule has 3 amide bonds. The van der Waals surface area contributed by atoms with Gasteiger partial charge in [-0.3, -0.25) is 14.7 Å². The highest BCUT2D eigenvalue weighted by Crippen LogP contribution is 2.28. The molecule has 0 spiro atoms. The summed E-state index contributed by atoms with van der Waals surface area (Å²) < 4.78 is 14.3. The first-order valence-corrected chi connectivity index (χ1v) is 10.1. The number of nitrogens with zero attached hydrogens (tertiary/aromatic N) is 4. The van der Waals surface area contributed by atoms with Crippen molar-refractivity contribution in [2.24, 2.45) is 10.7 Å². The van der Waals surface area contributed by atoms with Crippen molar-refractivity contribution in [3.8, 4) is 11.1 Å². The lowest BCUT2D eigenvalue weighted by Gasteiger charge is -2.40. The lowest BCUT2D eigenvalue weighted by Crippen LogP contribution is -2.55. The lowest BCUT2D eigenvalue weighted by molar-refractivity contribution is -0.127. The number of piperazine rings is 1. The van der Waals surface area contributed by atoms with Gasteiger partial charge in [0, 0.05) is 47.5 Å². The lowest BCUT2D eigenvalue weighted by atomic mass is 10.0. The molecule has 0 atom stereocenters. The predicted molar refractivity (Wildman–Crippen MR) is 116 cm³/mol. The van der Waals surface area contributed by atoms with Crippen LogP contribution in [0.15, 0.2) is 54.0 Å². The molecule has 2 heterocycles. The fraction of sp³-hybridized carbons (Fsp3) is 0.227. The van der Waals surface area contributed by atoms with Gasteiger partial charge in [0.2, 0.25) is 5.91 Å². The van der Waals surface area contributed by atoms with Gasteiger partial charge < -0.3 is 15.5 Å². The van der Waals surface area contributed by atoms with E-state index in [0.29, 0.717) is 58.7 Å². The highest BCUT2D eigenvalue weighted by Gasteiger charge is 2.28. The van der Waals surface area contributed by atoms with Crippen molar-refractivity contribution in [2.75, 3.05) is 32.8 Å². The van der Waals surface area contributed by atoms with Gasteiger partial charge in [-0.2, -0.15) is 0 Å². The van der Waals surface area contributed by atoms with E-state index in [1.807, 2.05) is 4.90 Å². The fourth-order valence-corrected chi connectivity index (χ4v) is 4.17. The Kier molecular flexibility index (Phi) is 5.65. The largest absolute Gasteiger partial charge is 0.354 e. The smallest absolute Gasteiger partial charge is 0.321 e. The normalized spacial score (nSPS) is 15.9. The SMILES string of the molecule is C=CC(=O)N1CCN(C2=c3cc(Cl)c(-c4ccccc4F)cc3=NCN2C(N)=O)CC1. The summed E-state index contributed by atoms with van der Waals surface area (Å²) in [6.07, 6.45) is 1.29. The molecular formula is C22H21ClFN5O2. The summed E-state index contributed by atoms with van der Waals surface area (Å²) in [5, 5.41) is 1.57. The van der Waals surface area contributed by atoms with Crippen LogP contribution in [0.4, 0.5) is 9.18 Å². The summed E-state index contributed by atoms with van der Waals surface area (Å²) in [6.45, 7) is 5.54. The zero-order chi connectivity index (χ0) is 22.1. The van der Waals surface area contributed by atoms with E-state index in [1.54, 1.807) is 35.2 Å². The highest BCUT2D eigenvalue weighted by atomic mass is 35.5. The third kappa shape index (κ3) is 3.86. The Bertz CT molecular complexity index is 1190. The van der Waals surface area contributed by atoms with Crippen LogP contribution in [0.3, 0.4) is 0 Å². The first-order chi connectivity index (χ1) is 14.9. The average Bonchev–Trinajstić information content (AvgIpc) is 2.78. The number of hydrogen-bond donors (Lipinski definition) is 1. The predicted octanol–water partition coefficient (Wildman–Crippen LogP) is 1.51. The van der Waals surface area contributed by atoms with Crippen molar-refractivity contribution in [3.63, 3.8) is 0 Å². The number of carbonyl (C=O) groups is 2. The van der Waals surface area contributed by atoms with E-state index in [9.17, 15) is 14.0 Å². The number of rotatable bonds is 3. The van der Waals surface area contributed by atoms with E-state index in [2.05, 4.69) is 11.6 Å². The summed E-state index contributed by atoms with van der Waals surface area (Å²) in [5.41, 5.74) is 6.52. The summed E-state index contributed by atoms with van der Waals surface area (Å²) in [6, 6.07) is 9.16. The topological polar surface area (TPSA) is 82.2 Å². The maximum absolute atomic E-state index is 14.3. The second-order valence-corrected chi connectivity index (χ2v) is 7.64. The van der Waals surface area contributed by atoms with Crippen molar-refractivity contribution in [1.82, 2.24) is 14.7 Å². The molecule has 0 saturated carbocycles. The molecule has 0 aromatic heterocycles. The summed E-state index contributed by atoms with van der Waals surface area (Å²) in [7, 11) is 0. The Labute approximate surface area is 183 Å². The number of amides is 3. The zero-order valence-corrected chi connectivity index (χ0v) is 17.5. The van der Waals surface area contributed by atoms with Gasteiger partial charge >= 0.3 is 6.03 Å². The van der Waals surface area contributed by atoms with E-state index in [1.165, 1.54) is 17.0 Å². The molecule has 4 rings (SSSR count). The van der Waals surface area contributed by atoms with Gasteiger partial charge in [-0.25, -0.2) is 9.18 Å². The molecule has 160 valence electrons. The molecule has 1 fully saturated rings. The monoisotopic (exact) mass is 441 g/mol. The van der Waals surface area contributed by atoms with Crippen LogP contribution in [0, 0.1) is 5.82 Å². The van der Waals surface area contributed by atoms with Crippen LogP contribution in [0.1, 0.15) is 0 Å². The second kappa shape index (κ2) is 8.39. The molecule has 0 aliphatic carbocycles. The van der Waals surface area contributed by atoms with Crippen molar-refractivity contribution >= 4 is 29.4 Å². The number of carbonyl (C=O) groups excluding carboxylic acids is 2. The number of nitrogens with two attached hydrogens (primary N) is 1. The molecule has 7 nitrogen and oxygen atoms in total. The molecule has 0 bridgehead atoms. The third-order valence-electron chi connectivity index (χ3n) is 5.46. The molecule has 0 unspecified atom stereocenters. The van der Waals surface area contributed by atoms with Crippen LogP contribution in [0.5, 0.6) is 0 Å². The van der Waals surface area contributed by atoms with E-state index in [0.717, 1.165) is 0 Å². The highest BCUT2D eigenvalue weighted by molar-refractivity contribution is 6.33. The van der Waals surface area contributed by atoms with Gasteiger partial charge in [-0.1, -0.05) is 36.4 Å². The van der Waals surface area contributed by atoms with E-state index < -0.39 is 6.03 Å². The first kappa shape index (κ1) is 20.9. The minimum atomic E-state index is -0.636. The number of urea groups is 1. The maximum atomic E-state index is 14.3. The second-order valence-electron chi connectivity index (χ2n) is 7.23. The molecule has 0 radical (unpaired) electrons. The molecule has 31 heavy (non-hydrogen) atoms. The molecule has 2 aliphatic heterocycles. The van der Waals surface area contributed by atoms with Gasteiger partial charge in [0.1, 0.15) is 18.3 Å². The van der Waals surface area contributed by atoms with Crippen LogP contribution < -0.4 is 16.3 Å². The minimum Gasteiger partial charge on any atom is -0.354 e. The summed E-state index contributed by atoms with van der Waals surface area (Å²) in [5.74, 6) is 0.0735. The van der Waals surface area contributed by atoms with Gasteiger partial charge in [-0.15, -0.1) is 0 Å². The Hall–Kier alpha value is -3.39. The zero-order valence-electron chi connectivity index (χ0n) is 16.7. The van der Waals surface area contributed by atoms with Crippen molar-refractivity contribution in [1.29, 1.82) is 0 Å². The first-order valence-electron chi connectivity index (χ1n) is 9.77. The molecule has 9 heteroatoms. The maximum Gasteiger partial charge on any atom is 0.321 e. The van der Waals surface area contributed by atoms with E-state index >= 15 is 0 Å². The number of halogens is 2. The summed E-state index contributed by atoms with van der Waals surface area (Å²) >= 11 is 6.54. The molecule has 2 aliphatic rings. The minimum absolute atomic E-state index is 0.0435. The number of hydrogen-bond acceptors (Lipinski definition) is 4. The van der Waals surface area contributed by atoms with Crippen LogP contribution in [0.2, 0.25) is 5.02 Å². The Morgan fingerprint density at radius 2 is 1.84 bits per heavy atom. The quantitative estimate of drug-likeness (QED) is 0.733. The molecule has 2 aromatic rings. The van der Waals surface area contributed by atoms with Crippen LogP contribution in [-0.2, 0) is 4.79 Å². The fourth-order valence-electron chi connectivity index (χ4n) is 3.90. The van der Waals surface area contributed by atoms with Gasteiger partial charge in [0.05, 0.1) is 5.36 Å². The average molecular weight is 442 g/mol. The molecule has 2 aromatic carbocycles. The van der Waals surface area contributed by atoms with Crippen molar-refractivity contribution in [2.45, 2.75) is 0 Å². The van der Waals surface area contributed by atoms with Crippen molar-refractivity contribution in [3.05, 3.63) is 70.5 Å². The Morgan fingerprint density at radius 3 is 2.48 bits per heavy atom. The summed E-state index contributed by atoms with van der Waals surface area (Å²) in [4.78, 5) is 33.6. The van der Waals surface area contributed by atoms with Crippen LogP contribution in [-0.4, -0.2) is 59.5 Å². The van der Waals surface area contributed by atoms with Gasteiger partial charge in [-0.05, 0) is 24.3 Å². The van der Waals surface area contributed by atoms with E-state index in [-0.39, 0.29) is 18.4 Å². The van der Waals surface area contributed by atoms with Crippen LogP contribution >= 0.6 is 11.6 Å². The van der Waals surface area contributed by atoms with Gasteiger partial charge in [0.15, 0.2) is 0 Å². The van der Waals surface area contributed by atoms with Crippen molar-refractivity contribution < 1.29 is 14.0 Å². The van der Waals surface area contributed by atoms with Gasteiger partial charge in [0.25, 0.3) is 0 Å². The van der Waals surface area contributed by atoms with E-state index in [4.69, 9.17) is 17.3 Å². The molecular weight excluding hydrogens is 421 g/mol. The third-order valence-corrected chi connectivity index (χ3v) is 5.77. The molecule has 2 N–H and O–H groups in total. The number of primary amides is 1. The Balaban J connectivity index is 1.82. The number of fused-ring (bicyclic) bond motifs is 1. The Morgan fingerprint density at radius 1 is 1.13 bits per heavy atom. The molecule has 1 saturated heterocycles. The standard InChI is InChI=1S/C22H21ClFN5O2/c1-2-20(30)27-7-9-28(10-8-27)21-16-11-17(23)15(14-5-3-4-6-18(14)24)12-19(16)26-13-29(21)22(25)31/h2-6,11-12H,1,7-10,13H2,(H2,25,31). The van der Waals surface area contributed by atoms with Crippen LogP contribution in [0.25, 0.3) is 16.9 Å².